The SMILES string of the molecule is CCOC(=O)CN1N=C(c2ccc(C(F)(F)F)cc2)CCC1=O. The lowest BCUT2D eigenvalue weighted by Crippen LogP contribution is -2.36. The largest absolute Gasteiger partial charge is 0.465 e. The fourth-order valence-corrected chi connectivity index (χ4v) is 2.11. The van der Waals surface area contributed by atoms with Crippen LogP contribution in [0.4, 0.5) is 13.2 Å². The third-order valence-corrected chi connectivity index (χ3v) is 3.23. The maximum absolute atomic E-state index is 12.6. The molecule has 0 spiro atoms. The average molecular weight is 328 g/mol. The van der Waals surface area contributed by atoms with Gasteiger partial charge in [0.15, 0.2) is 0 Å². The number of halogens is 3. The van der Waals surface area contributed by atoms with Gasteiger partial charge in [0.05, 0.1) is 17.9 Å². The van der Waals surface area contributed by atoms with Crippen molar-refractivity contribution < 1.29 is 27.5 Å². The van der Waals surface area contributed by atoms with E-state index in [1.165, 1.54) is 12.1 Å². The van der Waals surface area contributed by atoms with Gasteiger partial charge in [0.2, 0.25) is 5.91 Å². The second kappa shape index (κ2) is 6.80. The molecule has 1 aliphatic heterocycles. The number of carbonyl (C=O) groups excluding carboxylic acids is 2. The molecule has 1 amide bonds. The van der Waals surface area contributed by atoms with Gasteiger partial charge in [-0.15, -0.1) is 0 Å². The lowest BCUT2D eigenvalue weighted by molar-refractivity contribution is -0.149. The standard InChI is InChI=1S/C15H15F3N2O3/c1-2-23-14(22)9-20-13(21)8-7-12(19-20)10-3-5-11(6-4-10)15(16,17)18/h3-6H,2,7-9H2,1H3. The summed E-state index contributed by atoms with van der Waals surface area (Å²) in [4.78, 5) is 23.2. The highest BCUT2D eigenvalue weighted by atomic mass is 19.4. The van der Waals surface area contributed by atoms with Gasteiger partial charge in [0.25, 0.3) is 0 Å². The van der Waals surface area contributed by atoms with Crippen LogP contribution >= 0.6 is 0 Å². The van der Waals surface area contributed by atoms with E-state index in [1.54, 1.807) is 6.92 Å². The molecule has 0 atom stereocenters. The highest BCUT2D eigenvalue weighted by Crippen LogP contribution is 2.29. The van der Waals surface area contributed by atoms with Gasteiger partial charge in [-0.25, -0.2) is 5.01 Å². The van der Waals surface area contributed by atoms with Gasteiger partial charge in [0.1, 0.15) is 6.54 Å². The summed E-state index contributed by atoms with van der Waals surface area (Å²) in [6.07, 6.45) is -3.96. The minimum absolute atomic E-state index is 0.138. The second-order valence-electron chi connectivity index (χ2n) is 4.88. The van der Waals surface area contributed by atoms with Gasteiger partial charge < -0.3 is 4.74 Å². The zero-order chi connectivity index (χ0) is 17.0. The van der Waals surface area contributed by atoms with E-state index in [-0.39, 0.29) is 25.5 Å². The topological polar surface area (TPSA) is 59.0 Å². The number of hydrogen-bond donors (Lipinski definition) is 0. The summed E-state index contributed by atoms with van der Waals surface area (Å²) in [7, 11) is 0. The normalized spacial score (nSPS) is 15.4. The van der Waals surface area contributed by atoms with Crippen LogP contribution in [-0.4, -0.2) is 35.7 Å². The maximum atomic E-state index is 12.6. The van der Waals surface area contributed by atoms with Gasteiger partial charge >= 0.3 is 12.1 Å². The number of hydrogen-bond acceptors (Lipinski definition) is 4. The molecule has 1 aliphatic rings. The number of carbonyl (C=O) groups is 2. The second-order valence-corrected chi connectivity index (χ2v) is 4.88. The van der Waals surface area contributed by atoms with Gasteiger partial charge in [-0.3, -0.25) is 9.59 Å². The van der Waals surface area contributed by atoms with E-state index >= 15 is 0 Å². The van der Waals surface area contributed by atoms with Crippen molar-refractivity contribution in [2.45, 2.75) is 25.9 Å². The van der Waals surface area contributed by atoms with Crippen LogP contribution in [0.2, 0.25) is 0 Å². The lowest BCUT2D eigenvalue weighted by atomic mass is 10.0. The molecule has 1 aromatic carbocycles. The number of amides is 1. The zero-order valence-electron chi connectivity index (χ0n) is 12.4. The molecule has 0 N–H and O–H groups in total. The summed E-state index contributed by atoms with van der Waals surface area (Å²) >= 11 is 0. The molecule has 1 heterocycles. The molecule has 1 aromatic rings. The summed E-state index contributed by atoms with van der Waals surface area (Å²) < 4.78 is 42.4. The number of hydrazone groups is 1. The molecule has 0 unspecified atom stereocenters. The molecule has 8 heteroatoms. The minimum Gasteiger partial charge on any atom is -0.465 e. The monoisotopic (exact) mass is 328 g/mol. The molecule has 0 radical (unpaired) electrons. The Bertz CT molecular complexity index is 624. The Labute approximate surface area is 130 Å². The van der Waals surface area contributed by atoms with E-state index in [0.29, 0.717) is 17.7 Å². The zero-order valence-corrected chi connectivity index (χ0v) is 12.4. The van der Waals surface area contributed by atoms with Crippen molar-refractivity contribution >= 4 is 17.6 Å². The predicted octanol–water partition coefficient (Wildman–Crippen LogP) is 2.60. The molecule has 0 aliphatic carbocycles. The molecular formula is C15H15F3N2O3. The van der Waals surface area contributed by atoms with Crippen LogP contribution in [-0.2, 0) is 20.5 Å². The molecule has 2 rings (SSSR count). The molecule has 124 valence electrons. The Kier molecular flexibility index (Phi) is 5.02. The number of rotatable bonds is 4. The molecule has 0 saturated carbocycles. The summed E-state index contributed by atoms with van der Waals surface area (Å²) in [5.41, 5.74) is 0.194. The van der Waals surface area contributed by atoms with Gasteiger partial charge in [0, 0.05) is 12.8 Å². The number of benzene rings is 1. The number of alkyl halides is 3. The van der Waals surface area contributed by atoms with Crippen molar-refractivity contribution in [3.05, 3.63) is 35.4 Å². The Balaban J connectivity index is 2.18. The first-order valence-electron chi connectivity index (χ1n) is 7.02. The third-order valence-electron chi connectivity index (χ3n) is 3.23. The molecule has 0 aromatic heterocycles. The van der Waals surface area contributed by atoms with E-state index in [2.05, 4.69) is 5.10 Å². The van der Waals surface area contributed by atoms with E-state index < -0.39 is 17.7 Å². The van der Waals surface area contributed by atoms with Crippen LogP contribution in [0.25, 0.3) is 0 Å². The van der Waals surface area contributed by atoms with Crippen LogP contribution in [0, 0.1) is 0 Å². The highest BCUT2D eigenvalue weighted by molar-refractivity contribution is 6.04. The molecule has 23 heavy (non-hydrogen) atoms. The van der Waals surface area contributed by atoms with E-state index in [1.807, 2.05) is 0 Å². The van der Waals surface area contributed by atoms with Gasteiger partial charge in [-0.1, -0.05) is 12.1 Å². The summed E-state index contributed by atoms with van der Waals surface area (Å²) in [5, 5.41) is 5.06. The quantitative estimate of drug-likeness (QED) is 0.798. The van der Waals surface area contributed by atoms with Crippen LogP contribution in [0.3, 0.4) is 0 Å². The van der Waals surface area contributed by atoms with Crippen molar-refractivity contribution in [3.8, 4) is 0 Å². The molecular weight excluding hydrogens is 313 g/mol. The Hall–Kier alpha value is -2.38. The highest BCUT2D eigenvalue weighted by Gasteiger charge is 2.30. The fourth-order valence-electron chi connectivity index (χ4n) is 2.11. The molecule has 0 saturated heterocycles. The molecule has 0 fully saturated rings. The summed E-state index contributed by atoms with van der Waals surface area (Å²) in [6, 6.07) is 4.54. The van der Waals surface area contributed by atoms with Crippen molar-refractivity contribution in [2.24, 2.45) is 5.10 Å². The lowest BCUT2D eigenvalue weighted by Gasteiger charge is -2.23. The minimum atomic E-state index is -4.40. The molecule has 5 nitrogen and oxygen atoms in total. The average Bonchev–Trinajstić information content (AvgIpc) is 2.49. The summed E-state index contributed by atoms with van der Waals surface area (Å²) in [6.45, 7) is 1.53. The molecule has 0 bridgehead atoms. The van der Waals surface area contributed by atoms with Crippen molar-refractivity contribution in [1.29, 1.82) is 0 Å². The van der Waals surface area contributed by atoms with Crippen LogP contribution in [0.5, 0.6) is 0 Å². The third kappa shape index (κ3) is 4.30. The van der Waals surface area contributed by atoms with E-state index in [4.69, 9.17) is 4.74 Å². The first kappa shape index (κ1) is 17.0. The Morgan fingerprint density at radius 1 is 1.26 bits per heavy atom. The van der Waals surface area contributed by atoms with Crippen LogP contribution in [0.1, 0.15) is 30.9 Å². The Morgan fingerprint density at radius 3 is 2.48 bits per heavy atom. The first-order valence-corrected chi connectivity index (χ1v) is 7.02. The first-order chi connectivity index (χ1) is 10.8. The van der Waals surface area contributed by atoms with Crippen molar-refractivity contribution in [1.82, 2.24) is 5.01 Å². The maximum Gasteiger partial charge on any atom is 0.416 e. The van der Waals surface area contributed by atoms with Crippen molar-refractivity contribution in [2.75, 3.05) is 13.2 Å². The van der Waals surface area contributed by atoms with Crippen LogP contribution < -0.4 is 0 Å². The number of ether oxygens (including phenoxy) is 1. The smallest absolute Gasteiger partial charge is 0.416 e. The fraction of sp³-hybridized carbons (Fsp3) is 0.400. The Morgan fingerprint density at radius 2 is 1.91 bits per heavy atom. The van der Waals surface area contributed by atoms with E-state index in [0.717, 1.165) is 17.1 Å². The van der Waals surface area contributed by atoms with Crippen LogP contribution in [0.15, 0.2) is 29.4 Å². The van der Waals surface area contributed by atoms with Crippen molar-refractivity contribution in [3.63, 3.8) is 0 Å². The summed E-state index contributed by atoms with van der Waals surface area (Å²) in [5.74, 6) is -0.910. The number of esters is 1. The van der Waals surface area contributed by atoms with Gasteiger partial charge in [-0.2, -0.15) is 18.3 Å². The van der Waals surface area contributed by atoms with Gasteiger partial charge in [-0.05, 0) is 24.6 Å². The number of nitrogens with zero attached hydrogens (tertiary/aromatic N) is 2. The van der Waals surface area contributed by atoms with E-state index in [9.17, 15) is 22.8 Å². The predicted molar refractivity (Wildman–Crippen MR) is 75.6 cm³/mol.